The molecule has 0 radical (unpaired) electrons. The fourth-order valence-electron chi connectivity index (χ4n) is 1.37. The number of esters is 1. The summed E-state index contributed by atoms with van der Waals surface area (Å²) in [7, 11) is 0. The average Bonchev–Trinajstić information content (AvgIpc) is 2.30. The predicted octanol–water partition coefficient (Wildman–Crippen LogP) is 2.26. The number of rotatable bonds is 9. The first kappa shape index (κ1) is 18.7. The molecule has 0 fully saturated rings. The van der Waals surface area contributed by atoms with Crippen molar-refractivity contribution < 1.29 is 23.8 Å². The van der Waals surface area contributed by atoms with Gasteiger partial charge in [-0.05, 0) is 47.0 Å². The molecule has 0 saturated heterocycles. The van der Waals surface area contributed by atoms with Gasteiger partial charge in [0.25, 0.3) is 0 Å². The van der Waals surface area contributed by atoms with Crippen molar-refractivity contribution in [2.45, 2.75) is 52.6 Å². The summed E-state index contributed by atoms with van der Waals surface area (Å²) < 4.78 is 15.0. The van der Waals surface area contributed by atoms with Gasteiger partial charge in [0.05, 0.1) is 6.61 Å². The van der Waals surface area contributed by atoms with Crippen LogP contribution in [0.4, 0.5) is 4.79 Å². The maximum atomic E-state index is 11.3. The van der Waals surface area contributed by atoms with Gasteiger partial charge in [0.1, 0.15) is 12.2 Å². The van der Waals surface area contributed by atoms with Crippen LogP contribution in [-0.4, -0.2) is 44.0 Å². The molecule has 0 bridgehead atoms. The van der Waals surface area contributed by atoms with E-state index >= 15 is 0 Å². The van der Waals surface area contributed by atoms with Crippen molar-refractivity contribution in [1.82, 2.24) is 5.32 Å². The highest BCUT2D eigenvalue weighted by Gasteiger charge is 2.15. The molecule has 118 valence electrons. The third-order valence-electron chi connectivity index (χ3n) is 2.16. The molecule has 1 amide bonds. The van der Waals surface area contributed by atoms with Gasteiger partial charge in [-0.3, -0.25) is 0 Å². The van der Waals surface area contributed by atoms with E-state index in [-0.39, 0.29) is 12.6 Å². The fourth-order valence-corrected chi connectivity index (χ4v) is 1.37. The van der Waals surface area contributed by atoms with Gasteiger partial charge in [-0.2, -0.15) is 0 Å². The highest BCUT2D eigenvalue weighted by Crippen LogP contribution is 2.06. The van der Waals surface area contributed by atoms with E-state index in [1.165, 1.54) is 0 Å². The summed E-state index contributed by atoms with van der Waals surface area (Å²) in [6, 6.07) is 0. The van der Waals surface area contributed by atoms with E-state index < -0.39 is 11.7 Å². The van der Waals surface area contributed by atoms with Gasteiger partial charge in [-0.25, -0.2) is 9.59 Å². The summed E-state index contributed by atoms with van der Waals surface area (Å²) in [5, 5.41) is 2.69. The number of ether oxygens (including phenoxy) is 3. The smallest absolute Gasteiger partial charge is 0.407 e. The van der Waals surface area contributed by atoms with Crippen molar-refractivity contribution >= 4 is 12.1 Å². The number of carbonyl (C=O) groups excluding carboxylic acids is 2. The van der Waals surface area contributed by atoms with Crippen molar-refractivity contribution in [3.63, 3.8) is 0 Å². The van der Waals surface area contributed by atoms with Crippen molar-refractivity contribution in [1.29, 1.82) is 0 Å². The van der Waals surface area contributed by atoms with Crippen molar-refractivity contribution in [2.75, 3.05) is 26.4 Å². The third-order valence-corrected chi connectivity index (χ3v) is 2.16. The predicted molar refractivity (Wildman–Crippen MR) is 75.5 cm³/mol. The summed E-state index contributed by atoms with van der Waals surface area (Å²) in [6.07, 6.45) is 2.21. The van der Waals surface area contributed by atoms with Crippen LogP contribution < -0.4 is 5.32 Å². The Hall–Kier alpha value is -1.30. The van der Waals surface area contributed by atoms with Crippen LogP contribution in [0.3, 0.4) is 0 Å². The largest absolute Gasteiger partial charge is 0.464 e. The zero-order valence-corrected chi connectivity index (χ0v) is 13.0. The molecule has 0 aromatic heterocycles. The standard InChI is InChI=1S/C14H27NO5/c1-5-19-12(16)11-18-10-8-6-7-9-15-13(17)20-14(2,3)4/h5-11H2,1-4H3,(H,15,17). The highest BCUT2D eigenvalue weighted by molar-refractivity contribution is 5.70. The van der Waals surface area contributed by atoms with Gasteiger partial charge < -0.3 is 19.5 Å². The molecular weight excluding hydrogens is 262 g/mol. The molecule has 0 heterocycles. The Kier molecular flexibility index (Phi) is 9.80. The van der Waals surface area contributed by atoms with E-state index in [9.17, 15) is 9.59 Å². The van der Waals surface area contributed by atoms with Crippen LogP contribution in [0, 0.1) is 0 Å². The molecule has 0 aliphatic rings. The third kappa shape index (κ3) is 13.1. The summed E-state index contributed by atoms with van der Waals surface area (Å²) in [5.41, 5.74) is -0.467. The maximum absolute atomic E-state index is 11.3. The first-order chi connectivity index (χ1) is 9.35. The number of hydrogen-bond acceptors (Lipinski definition) is 5. The van der Waals surface area contributed by atoms with Crippen molar-refractivity contribution in [3.8, 4) is 0 Å². The molecule has 6 nitrogen and oxygen atoms in total. The van der Waals surface area contributed by atoms with Crippen molar-refractivity contribution in [3.05, 3.63) is 0 Å². The number of alkyl carbamates (subject to hydrolysis) is 1. The summed E-state index contributed by atoms with van der Waals surface area (Å²) in [5.74, 6) is -0.334. The van der Waals surface area contributed by atoms with E-state index in [4.69, 9.17) is 14.2 Å². The first-order valence-electron chi connectivity index (χ1n) is 7.05. The van der Waals surface area contributed by atoms with Crippen LogP contribution in [0.25, 0.3) is 0 Å². The van der Waals surface area contributed by atoms with Gasteiger partial charge in [-0.1, -0.05) is 0 Å². The zero-order valence-electron chi connectivity index (χ0n) is 13.0. The second kappa shape index (κ2) is 10.5. The van der Waals surface area contributed by atoms with E-state index in [2.05, 4.69) is 5.32 Å². The monoisotopic (exact) mass is 289 g/mol. The van der Waals surface area contributed by atoms with Crippen LogP contribution in [0.5, 0.6) is 0 Å². The molecule has 0 unspecified atom stereocenters. The molecule has 0 rings (SSSR count). The lowest BCUT2D eigenvalue weighted by Crippen LogP contribution is -2.33. The second-order valence-electron chi connectivity index (χ2n) is 5.35. The van der Waals surface area contributed by atoms with E-state index in [1.807, 2.05) is 20.8 Å². The molecule has 0 atom stereocenters. The Morgan fingerprint density at radius 1 is 1.10 bits per heavy atom. The number of hydrogen-bond donors (Lipinski definition) is 1. The number of amides is 1. The lowest BCUT2D eigenvalue weighted by atomic mass is 10.2. The first-order valence-corrected chi connectivity index (χ1v) is 7.05. The summed E-state index contributed by atoms with van der Waals surface area (Å²) >= 11 is 0. The van der Waals surface area contributed by atoms with Crippen LogP contribution in [-0.2, 0) is 19.0 Å². The molecular formula is C14H27NO5. The minimum absolute atomic E-state index is 0.00397. The number of unbranched alkanes of at least 4 members (excludes halogenated alkanes) is 2. The van der Waals surface area contributed by atoms with Gasteiger partial charge in [-0.15, -0.1) is 0 Å². The number of nitrogens with one attached hydrogen (secondary N) is 1. The zero-order chi connectivity index (χ0) is 15.4. The maximum Gasteiger partial charge on any atom is 0.407 e. The van der Waals surface area contributed by atoms with Gasteiger partial charge in [0.15, 0.2) is 0 Å². The van der Waals surface area contributed by atoms with Crippen LogP contribution >= 0.6 is 0 Å². The minimum Gasteiger partial charge on any atom is -0.464 e. The fraction of sp³-hybridized carbons (Fsp3) is 0.857. The molecule has 0 spiro atoms. The van der Waals surface area contributed by atoms with Gasteiger partial charge >= 0.3 is 12.1 Å². The van der Waals surface area contributed by atoms with Crippen LogP contribution in [0.2, 0.25) is 0 Å². The summed E-state index contributed by atoms with van der Waals surface area (Å²) in [6.45, 7) is 8.71. The van der Waals surface area contributed by atoms with E-state index in [1.54, 1.807) is 6.92 Å². The Bertz CT molecular complexity index is 286. The normalized spacial score (nSPS) is 11.0. The van der Waals surface area contributed by atoms with Crippen molar-refractivity contribution in [2.24, 2.45) is 0 Å². The molecule has 6 heteroatoms. The van der Waals surface area contributed by atoms with Crippen LogP contribution in [0.1, 0.15) is 47.0 Å². The molecule has 0 saturated carbocycles. The molecule has 0 aliphatic heterocycles. The number of carbonyl (C=O) groups is 2. The second-order valence-corrected chi connectivity index (χ2v) is 5.35. The molecule has 20 heavy (non-hydrogen) atoms. The molecule has 1 N–H and O–H groups in total. The topological polar surface area (TPSA) is 73.9 Å². The van der Waals surface area contributed by atoms with Gasteiger partial charge in [0.2, 0.25) is 0 Å². The Balaban J connectivity index is 3.33. The molecule has 0 aromatic carbocycles. The highest BCUT2D eigenvalue weighted by atomic mass is 16.6. The van der Waals surface area contributed by atoms with Gasteiger partial charge in [0, 0.05) is 13.2 Å². The van der Waals surface area contributed by atoms with E-state index in [0.29, 0.717) is 19.8 Å². The van der Waals surface area contributed by atoms with E-state index in [0.717, 1.165) is 19.3 Å². The SMILES string of the molecule is CCOC(=O)COCCCCCNC(=O)OC(C)(C)C. The lowest BCUT2D eigenvalue weighted by Gasteiger charge is -2.19. The molecule has 0 aromatic rings. The Labute approximate surface area is 121 Å². The van der Waals surface area contributed by atoms with Crippen LogP contribution in [0.15, 0.2) is 0 Å². The summed E-state index contributed by atoms with van der Waals surface area (Å²) in [4.78, 5) is 22.3. The Morgan fingerprint density at radius 2 is 1.80 bits per heavy atom. The minimum atomic E-state index is -0.467. The quantitative estimate of drug-likeness (QED) is 0.520. The lowest BCUT2D eigenvalue weighted by molar-refractivity contribution is -0.148. The Morgan fingerprint density at radius 3 is 2.40 bits per heavy atom. The average molecular weight is 289 g/mol. The molecule has 0 aliphatic carbocycles.